The van der Waals surface area contributed by atoms with Crippen LogP contribution in [0.5, 0.6) is 0 Å². The molecule has 110 valence electrons. The number of rotatable bonds is 2. The Labute approximate surface area is 125 Å². The number of hydrogen-bond donors (Lipinski definition) is 2. The zero-order valence-corrected chi connectivity index (χ0v) is 12.9. The molecule has 4 nitrogen and oxygen atoms in total. The van der Waals surface area contributed by atoms with Crippen LogP contribution in [0, 0.1) is 6.92 Å². The third-order valence-corrected chi connectivity index (χ3v) is 3.30. The number of aromatic nitrogens is 1. The Morgan fingerprint density at radius 3 is 2.52 bits per heavy atom. The minimum Gasteiger partial charge on any atom is -0.398 e. The molecule has 0 spiro atoms. The van der Waals surface area contributed by atoms with E-state index >= 15 is 0 Å². The summed E-state index contributed by atoms with van der Waals surface area (Å²) in [4.78, 5) is 16.5. The van der Waals surface area contributed by atoms with E-state index in [9.17, 15) is 4.79 Å². The Morgan fingerprint density at radius 2 is 1.90 bits per heavy atom. The summed E-state index contributed by atoms with van der Waals surface area (Å²) < 4.78 is 0. The minimum atomic E-state index is -0.239. The number of pyridine rings is 1. The number of benzene rings is 1. The number of nitrogens with zero attached hydrogens (tertiary/aromatic N) is 1. The maximum absolute atomic E-state index is 12.4. The number of nitrogens with one attached hydrogen (secondary N) is 1. The van der Waals surface area contributed by atoms with Crippen LogP contribution in [-0.4, -0.2) is 10.9 Å². The van der Waals surface area contributed by atoms with Crippen molar-refractivity contribution in [2.75, 3.05) is 11.1 Å². The molecule has 0 unspecified atom stereocenters. The predicted octanol–water partition coefficient (Wildman–Crippen LogP) is 3.52. The lowest BCUT2D eigenvalue weighted by molar-refractivity contribution is 0.102. The molecule has 0 aliphatic rings. The van der Waals surface area contributed by atoms with Gasteiger partial charge < -0.3 is 11.1 Å². The number of aryl methyl sites for hydroxylation is 1. The fourth-order valence-corrected chi connectivity index (χ4v) is 2.21. The topological polar surface area (TPSA) is 68.0 Å². The summed E-state index contributed by atoms with van der Waals surface area (Å²) in [7, 11) is 0. The first kappa shape index (κ1) is 15.0. The summed E-state index contributed by atoms with van der Waals surface area (Å²) >= 11 is 0. The molecule has 0 bridgehead atoms. The molecule has 0 atom stereocenters. The highest BCUT2D eigenvalue weighted by Gasteiger charge is 2.19. The van der Waals surface area contributed by atoms with Crippen LogP contribution in [0.1, 0.15) is 42.4 Å². The average Bonchev–Trinajstić information content (AvgIpc) is 2.37. The van der Waals surface area contributed by atoms with Crippen LogP contribution in [0.4, 0.5) is 11.4 Å². The smallest absolute Gasteiger partial charge is 0.259 e. The predicted molar refractivity (Wildman–Crippen MR) is 86.5 cm³/mol. The van der Waals surface area contributed by atoms with E-state index in [1.54, 1.807) is 6.07 Å². The van der Waals surface area contributed by atoms with Crippen molar-refractivity contribution in [1.29, 1.82) is 0 Å². The number of amides is 1. The third kappa shape index (κ3) is 3.40. The van der Waals surface area contributed by atoms with Gasteiger partial charge in [0.15, 0.2) is 0 Å². The molecule has 1 amide bonds. The number of nitrogens with two attached hydrogens (primary N) is 1. The van der Waals surface area contributed by atoms with E-state index in [-0.39, 0.29) is 11.3 Å². The highest BCUT2D eigenvalue weighted by Crippen LogP contribution is 2.29. The summed E-state index contributed by atoms with van der Waals surface area (Å²) in [6, 6.07) is 9.49. The molecule has 1 aromatic carbocycles. The molecule has 0 aliphatic heterocycles. The van der Waals surface area contributed by atoms with Gasteiger partial charge in [-0.3, -0.25) is 9.78 Å². The van der Waals surface area contributed by atoms with Gasteiger partial charge in [-0.1, -0.05) is 39.0 Å². The lowest BCUT2D eigenvalue weighted by Gasteiger charge is -2.23. The number of nitrogen functional groups attached to an aromatic ring is 1. The monoisotopic (exact) mass is 283 g/mol. The summed E-state index contributed by atoms with van der Waals surface area (Å²) in [6.07, 6.45) is 1.51. The van der Waals surface area contributed by atoms with E-state index < -0.39 is 0 Å². The van der Waals surface area contributed by atoms with Gasteiger partial charge >= 0.3 is 0 Å². The van der Waals surface area contributed by atoms with Crippen molar-refractivity contribution >= 4 is 17.3 Å². The number of carbonyl (C=O) groups is 1. The molecular formula is C17H21N3O. The lowest BCUT2D eigenvalue weighted by atomic mass is 9.86. The Morgan fingerprint density at radius 1 is 1.24 bits per heavy atom. The van der Waals surface area contributed by atoms with Gasteiger partial charge in [0, 0.05) is 23.3 Å². The van der Waals surface area contributed by atoms with E-state index in [0.717, 1.165) is 16.9 Å². The molecule has 2 aromatic rings. The van der Waals surface area contributed by atoms with Gasteiger partial charge in [-0.25, -0.2) is 0 Å². The van der Waals surface area contributed by atoms with Crippen molar-refractivity contribution in [3.05, 3.63) is 53.3 Å². The SMILES string of the molecule is Cc1cc(N)c(C(=O)Nc2ccccc2C(C)(C)C)cn1. The molecule has 2 rings (SSSR count). The van der Waals surface area contributed by atoms with Gasteiger partial charge in [0.1, 0.15) is 0 Å². The summed E-state index contributed by atoms with van der Waals surface area (Å²) in [5.41, 5.74) is 9.35. The molecule has 0 fully saturated rings. The van der Waals surface area contributed by atoms with E-state index in [2.05, 4.69) is 31.1 Å². The lowest BCUT2D eigenvalue weighted by Crippen LogP contribution is -2.19. The summed E-state index contributed by atoms with van der Waals surface area (Å²) in [5, 5.41) is 2.93. The maximum Gasteiger partial charge on any atom is 0.259 e. The van der Waals surface area contributed by atoms with Gasteiger partial charge in [0.25, 0.3) is 5.91 Å². The van der Waals surface area contributed by atoms with Crippen LogP contribution in [0.15, 0.2) is 36.5 Å². The average molecular weight is 283 g/mol. The van der Waals surface area contributed by atoms with Gasteiger partial charge in [0.2, 0.25) is 0 Å². The van der Waals surface area contributed by atoms with E-state index in [4.69, 9.17) is 5.73 Å². The first-order valence-electron chi connectivity index (χ1n) is 6.92. The number of hydrogen-bond acceptors (Lipinski definition) is 3. The molecule has 1 aromatic heterocycles. The zero-order valence-electron chi connectivity index (χ0n) is 12.9. The molecule has 21 heavy (non-hydrogen) atoms. The van der Waals surface area contributed by atoms with Crippen molar-refractivity contribution in [2.24, 2.45) is 0 Å². The quantitative estimate of drug-likeness (QED) is 0.886. The van der Waals surface area contributed by atoms with Crippen molar-refractivity contribution in [2.45, 2.75) is 33.1 Å². The van der Waals surface area contributed by atoms with Crippen molar-refractivity contribution in [3.63, 3.8) is 0 Å². The highest BCUT2D eigenvalue weighted by atomic mass is 16.1. The van der Waals surface area contributed by atoms with Gasteiger partial charge in [-0.05, 0) is 30.0 Å². The molecule has 0 saturated carbocycles. The van der Waals surface area contributed by atoms with Crippen LogP contribution in [-0.2, 0) is 5.41 Å². The largest absolute Gasteiger partial charge is 0.398 e. The number of carbonyl (C=O) groups excluding carboxylic acids is 1. The van der Waals surface area contributed by atoms with Crippen molar-refractivity contribution < 1.29 is 4.79 Å². The van der Waals surface area contributed by atoms with Crippen LogP contribution < -0.4 is 11.1 Å². The third-order valence-electron chi connectivity index (χ3n) is 3.30. The van der Waals surface area contributed by atoms with Crippen molar-refractivity contribution in [1.82, 2.24) is 4.98 Å². The molecular weight excluding hydrogens is 262 g/mol. The first-order valence-corrected chi connectivity index (χ1v) is 6.92. The van der Waals surface area contributed by atoms with E-state index in [0.29, 0.717) is 11.3 Å². The Kier molecular flexibility index (Phi) is 3.98. The van der Waals surface area contributed by atoms with Crippen molar-refractivity contribution in [3.8, 4) is 0 Å². The first-order chi connectivity index (χ1) is 9.79. The van der Waals surface area contributed by atoms with Gasteiger partial charge in [-0.15, -0.1) is 0 Å². The second-order valence-corrected chi connectivity index (χ2v) is 6.16. The molecule has 0 aliphatic carbocycles. The molecule has 1 heterocycles. The van der Waals surface area contributed by atoms with Gasteiger partial charge in [0.05, 0.1) is 5.56 Å². The second kappa shape index (κ2) is 5.56. The van der Waals surface area contributed by atoms with Crippen LogP contribution in [0.2, 0.25) is 0 Å². The summed E-state index contributed by atoms with van der Waals surface area (Å²) in [6.45, 7) is 8.17. The summed E-state index contributed by atoms with van der Waals surface area (Å²) in [5.74, 6) is -0.239. The number of para-hydroxylation sites is 1. The van der Waals surface area contributed by atoms with Crippen LogP contribution in [0.3, 0.4) is 0 Å². The minimum absolute atomic E-state index is 0.0546. The molecule has 0 saturated heterocycles. The Balaban J connectivity index is 2.32. The highest BCUT2D eigenvalue weighted by molar-refractivity contribution is 6.07. The molecule has 4 heteroatoms. The standard InChI is InChI=1S/C17H21N3O/c1-11-9-14(18)12(10-19-11)16(21)20-15-8-6-5-7-13(15)17(2,3)4/h5-10H,1-4H3,(H2,18,19)(H,20,21). The van der Waals surface area contributed by atoms with Crippen LogP contribution >= 0.6 is 0 Å². The van der Waals surface area contributed by atoms with Gasteiger partial charge in [-0.2, -0.15) is 0 Å². The Hall–Kier alpha value is -2.36. The van der Waals surface area contributed by atoms with E-state index in [1.165, 1.54) is 6.20 Å². The fraction of sp³-hybridized carbons (Fsp3) is 0.294. The van der Waals surface area contributed by atoms with E-state index in [1.807, 2.05) is 31.2 Å². The molecule has 0 radical (unpaired) electrons. The molecule has 3 N–H and O–H groups in total. The zero-order chi connectivity index (χ0) is 15.6. The Bertz CT molecular complexity index is 672. The normalized spacial score (nSPS) is 11.2. The second-order valence-electron chi connectivity index (χ2n) is 6.16. The fourth-order valence-electron chi connectivity index (χ4n) is 2.21. The van der Waals surface area contributed by atoms with Crippen LogP contribution in [0.25, 0.3) is 0 Å². The maximum atomic E-state index is 12.4. The number of anilines is 2.